The molecule has 1 aromatic rings. The number of nitrogens with zero attached hydrogens (tertiary/aromatic N) is 1. The fourth-order valence-electron chi connectivity index (χ4n) is 2.11. The Bertz CT molecular complexity index is 417. The molecule has 4 heteroatoms. The third-order valence-electron chi connectivity index (χ3n) is 3.64. The molecule has 0 radical (unpaired) electrons. The maximum Gasteiger partial charge on any atom is 0.226 e. The highest BCUT2D eigenvalue weighted by molar-refractivity contribution is 5.85. The predicted molar refractivity (Wildman–Crippen MR) is 97.3 cm³/mol. The van der Waals surface area contributed by atoms with Gasteiger partial charge in [0.05, 0.1) is 6.42 Å². The summed E-state index contributed by atoms with van der Waals surface area (Å²) in [4.78, 5) is 14.5. The average molecular weight is 327 g/mol. The topological polar surface area (TPSA) is 46.3 Å². The van der Waals surface area contributed by atoms with E-state index in [0.29, 0.717) is 18.3 Å². The van der Waals surface area contributed by atoms with Crippen molar-refractivity contribution in [2.75, 3.05) is 18.8 Å². The molecule has 0 aromatic heterocycles. The van der Waals surface area contributed by atoms with Gasteiger partial charge in [0.25, 0.3) is 0 Å². The van der Waals surface area contributed by atoms with Gasteiger partial charge in [-0.25, -0.2) is 0 Å². The molecule has 0 bridgehead atoms. The zero-order valence-electron chi connectivity index (χ0n) is 14.3. The molecule has 0 heterocycles. The van der Waals surface area contributed by atoms with Gasteiger partial charge in [0.2, 0.25) is 5.91 Å². The number of nitrogens with two attached hydrogens (primary N) is 1. The van der Waals surface area contributed by atoms with E-state index >= 15 is 0 Å². The second-order valence-electron chi connectivity index (χ2n) is 6.66. The van der Waals surface area contributed by atoms with Crippen LogP contribution in [0.3, 0.4) is 0 Å². The molecule has 1 amide bonds. The molecule has 0 aliphatic rings. The van der Waals surface area contributed by atoms with Crippen LogP contribution in [-0.4, -0.2) is 23.9 Å². The van der Waals surface area contributed by atoms with Crippen LogP contribution < -0.4 is 5.73 Å². The quantitative estimate of drug-likeness (QED) is 0.729. The maximum atomic E-state index is 12.5. The largest absolute Gasteiger partial charge is 0.399 e. The molecular formula is C18H31ClN2O. The van der Waals surface area contributed by atoms with E-state index in [1.54, 1.807) is 0 Å². The zero-order chi connectivity index (χ0) is 15.8. The smallest absolute Gasteiger partial charge is 0.226 e. The SMILES string of the molecule is CC(C)CCN(CCC(C)C)C(=O)Cc1ccc(N)cc1.Cl. The minimum atomic E-state index is 0. The van der Waals surface area contributed by atoms with Gasteiger partial charge in [0.1, 0.15) is 0 Å². The second-order valence-corrected chi connectivity index (χ2v) is 6.66. The summed E-state index contributed by atoms with van der Waals surface area (Å²) < 4.78 is 0. The first-order valence-corrected chi connectivity index (χ1v) is 8.00. The Hall–Kier alpha value is -1.22. The molecule has 0 aliphatic heterocycles. The minimum Gasteiger partial charge on any atom is -0.399 e. The summed E-state index contributed by atoms with van der Waals surface area (Å²) >= 11 is 0. The summed E-state index contributed by atoms with van der Waals surface area (Å²) in [6, 6.07) is 7.59. The van der Waals surface area contributed by atoms with Gasteiger partial charge in [-0.3, -0.25) is 4.79 Å². The summed E-state index contributed by atoms with van der Waals surface area (Å²) in [6.07, 6.45) is 2.59. The van der Waals surface area contributed by atoms with E-state index in [-0.39, 0.29) is 18.3 Å². The van der Waals surface area contributed by atoms with Crippen LogP contribution in [0.2, 0.25) is 0 Å². The summed E-state index contributed by atoms with van der Waals surface area (Å²) in [5.41, 5.74) is 7.46. The van der Waals surface area contributed by atoms with Gasteiger partial charge in [-0.2, -0.15) is 0 Å². The van der Waals surface area contributed by atoms with Crippen LogP contribution in [0.1, 0.15) is 46.1 Å². The van der Waals surface area contributed by atoms with E-state index in [0.717, 1.165) is 37.2 Å². The summed E-state index contributed by atoms with van der Waals surface area (Å²) in [5, 5.41) is 0. The van der Waals surface area contributed by atoms with Crippen molar-refractivity contribution in [1.29, 1.82) is 0 Å². The molecule has 22 heavy (non-hydrogen) atoms. The Morgan fingerprint density at radius 3 is 1.86 bits per heavy atom. The molecule has 0 unspecified atom stereocenters. The number of rotatable bonds is 8. The van der Waals surface area contributed by atoms with Gasteiger partial charge < -0.3 is 10.6 Å². The Kier molecular flexibility index (Phi) is 9.91. The number of amides is 1. The van der Waals surface area contributed by atoms with E-state index < -0.39 is 0 Å². The highest BCUT2D eigenvalue weighted by Gasteiger charge is 2.14. The molecule has 0 fully saturated rings. The molecule has 2 N–H and O–H groups in total. The van der Waals surface area contributed by atoms with Crippen LogP contribution in [-0.2, 0) is 11.2 Å². The lowest BCUT2D eigenvalue weighted by atomic mass is 10.1. The monoisotopic (exact) mass is 326 g/mol. The van der Waals surface area contributed by atoms with Crippen molar-refractivity contribution in [3.8, 4) is 0 Å². The van der Waals surface area contributed by atoms with Gasteiger partial charge in [0.15, 0.2) is 0 Å². The van der Waals surface area contributed by atoms with Crippen molar-refractivity contribution >= 4 is 24.0 Å². The van der Waals surface area contributed by atoms with Crippen LogP contribution in [0.5, 0.6) is 0 Å². The Morgan fingerprint density at radius 2 is 1.45 bits per heavy atom. The Labute approximate surface area is 141 Å². The number of carbonyl (C=O) groups excluding carboxylic acids is 1. The summed E-state index contributed by atoms with van der Waals surface area (Å²) in [7, 11) is 0. The van der Waals surface area contributed by atoms with Crippen molar-refractivity contribution in [3.05, 3.63) is 29.8 Å². The third-order valence-corrected chi connectivity index (χ3v) is 3.64. The molecule has 0 aliphatic carbocycles. The lowest BCUT2D eigenvalue weighted by Gasteiger charge is -2.24. The van der Waals surface area contributed by atoms with Crippen molar-refractivity contribution in [2.45, 2.75) is 47.0 Å². The van der Waals surface area contributed by atoms with Gasteiger partial charge in [-0.05, 0) is 42.4 Å². The zero-order valence-corrected chi connectivity index (χ0v) is 15.2. The van der Waals surface area contributed by atoms with Crippen LogP contribution in [0, 0.1) is 11.8 Å². The molecule has 0 spiro atoms. The standard InChI is InChI=1S/C18H30N2O.ClH/c1-14(2)9-11-20(12-10-15(3)4)18(21)13-16-5-7-17(19)8-6-16;/h5-8,14-15H,9-13,19H2,1-4H3;1H. The molecule has 1 aromatic carbocycles. The third kappa shape index (κ3) is 8.28. The van der Waals surface area contributed by atoms with Gasteiger partial charge in [0, 0.05) is 18.8 Å². The van der Waals surface area contributed by atoms with E-state index in [2.05, 4.69) is 27.7 Å². The number of benzene rings is 1. The van der Waals surface area contributed by atoms with Crippen molar-refractivity contribution in [1.82, 2.24) is 4.90 Å². The van der Waals surface area contributed by atoms with Crippen LogP contribution in [0.15, 0.2) is 24.3 Å². The molecule has 1 rings (SSSR count). The number of halogens is 1. The van der Waals surface area contributed by atoms with Crippen molar-refractivity contribution in [2.24, 2.45) is 11.8 Å². The lowest BCUT2D eigenvalue weighted by Crippen LogP contribution is -2.35. The molecular weight excluding hydrogens is 296 g/mol. The minimum absolute atomic E-state index is 0. The van der Waals surface area contributed by atoms with Crippen LogP contribution >= 0.6 is 12.4 Å². The maximum absolute atomic E-state index is 12.5. The van der Waals surface area contributed by atoms with Crippen molar-refractivity contribution in [3.63, 3.8) is 0 Å². The van der Waals surface area contributed by atoms with Crippen molar-refractivity contribution < 1.29 is 4.79 Å². The van der Waals surface area contributed by atoms with E-state index in [1.807, 2.05) is 29.2 Å². The molecule has 3 nitrogen and oxygen atoms in total. The van der Waals surface area contributed by atoms with Crippen LogP contribution in [0.4, 0.5) is 5.69 Å². The van der Waals surface area contributed by atoms with Crippen LogP contribution in [0.25, 0.3) is 0 Å². The van der Waals surface area contributed by atoms with Gasteiger partial charge >= 0.3 is 0 Å². The second kappa shape index (κ2) is 10.5. The number of anilines is 1. The number of carbonyl (C=O) groups is 1. The lowest BCUT2D eigenvalue weighted by molar-refractivity contribution is -0.130. The van der Waals surface area contributed by atoms with Gasteiger partial charge in [-0.1, -0.05) is 39.8 Å². The summed E-state index contributed by atoms with van der Waals surface area (Å²) in [6.45, 7) is 10.5. The molecule has 0 atom stereocenters. The Morgan fingerprint density at radius 1 is 1.00 bits per heavy atom. The highest BCUT2D eigenvalue weighted by atomic mass is 35.5. The average Bonchev–Trinajstić information content (AvgIpc) is 2.40. The summed E-state index contributed by atoms with van der Waals surface area (Å²) in [5.74, 6) is 1.47. The molecule has 0 saturated heterocycles. The number of hydrogen-bond acceptors (Lipinski definition) is 2. The van der Waals surface area contributed by atoms with Gasteiger partial charge in [-0.15, -0.1) is 12.4 Å². The fraction of sp³-hybridized carbons (Fsp3) is 0.611. The first-order chi connectivity index (χ1) is 9.88. The number of nitrogen functional groups attached to an aromatic ring is 1. The number of hydrogen-bond donors (Lipinski definition) is 1. The van der Waals surface area contributed by atoms with E-state index in [9.17, 15) is 4.79 Å². The fourth-order valence-corrected chi connectivity index (χ4v) is 2.11. The first-order valence-electron chi connectivity index (χ1n) is 8.00. The Balaban J connectivity index is 0.00000441. The highest BCUT2D eigenvalue weighted by Crippen LogP contribution is 2.11. The predicted octanol–water partition coefficient (Wildman–Crippen LogP) is 4.15. The first kappa shape index (κ1) is 20.8. The normalized spacial score (nSPS) is 10.6. The van der Waals surface area contributed by atoms with E-state index in [4.69, 9.17) is 5.73 Å². The molecule has 0 saturated carbocycles. The van der Waals surface area contributed by atoms with E-state index in [1.165, 1.54) is 0 Å². The molecule has 126 valence electrons.